The SMILES string of the molecule is Cc1ccc(C2CN=C(N)N2CC(C)C)c(Br)c1. The zero-order chi connectivity index (χ0) is 13.3. The van der Waals surface area contributed by atoms with Crippen LogP contribution < -0.4 is 5.73 Å². The predicted octanol–water partition coefficient (Wildman–Crippen LogP) is 3.08. The molecule has 0 aromatic heterocycles. The van der Waals surface area contributed by atoms with Crippen LogP contribution >= 0.6 is 15.9 Å². The van der Waals surface area contributed by atoms with E-state index in [-0.39, 0.29) is 6.04 Å². The molecule has 0 fully saturated rings. The van der Waals surface area contributed by atoms with Crippen LogP contribution in [0.4, 0.5) is 0 Å². The standard InChI is InChI=1S/C14H20BrN3/c1-9(2)8-18-13(7-17-14(18)16)11-5-4-10(3)6-12(11)15/h4-6,9,13H,7-8H2,1-3H3,(H2,16,17). The van der Waals surface area contributed by atoms with Crippen LogP contribution in [0.3, 0.4) is 0 Å². The molecule has 1 aromatic carbocycles. The van der Waals surface area contributed by atoms with Crippen LogP contribution in [0, 0.1) is 12.8 Å². The van der Waals surface area contributed by atoms with E-state index in [4.69, 9.17) is 5.73 Å². The molecule has 2 rings (SSSR count). The van der Waals surface area contributed by atoms with E-state index < -0.39 is 0 Å². The van der Waals surface area contributed by atoms with Crippen molar-refractivity contribution in [2.45, 2.75) is 26.8 Å². The highest BCUT2D eigenvalue weighted by Crippen LogP contribution is 2.32. The van der Waals surface area contributed by atoms with Gasteiger partial charge in [-0.1, -0.05) is 41.9 Å². The summed E-state index contributed by atoms with van der Waals surface area (Å²) < 4.78 is 1.14. The number of rotatable bonds is 3. The second kappa shape index (κ2) is 5.31. The van der Waals surface area contributed by atoms with Crippen molar-refractivity contribution in [2.75, 3.05) is 13.1 Å². The first-order valence-corrected chi connectivity index (χ1v) is 7.11. The molecule has 1 aromatic rings. The maximum atomic E-state index is 6.00. The first kappa shape index (κ1) is 13.4. The molecule has 1 atom stereocenters. The van der Waals surface area contributed by atoms with Crippen molar-refractivity contribution in [3.63, 3.8) is 0 Å². The molecule has 3 nitrogen and oxygen atoms in total. The highest BCUT2D eigenvalue weighted by molar-refractivity contribution is 9.10. The molecule has 4 heteroatoms. The smallest absolute Gasteiger partial charge is 0.191 e. The number of guanidine groups is 1. The number of nitrogens with two attached hydrogens (primary N) is 1. The highest BCUT2D eigenvalue weighted by Gasteiger charge is 2.29. The zero-order valence-corrected chi connectivity index (χ0v) is 12.7. The molecule has 0 spiro atoms. The fourth-order valence-electron chi connectivity index (χ4n) is 2.31. The van der Waals surface area contributed by atoms with E-state index in [9.17, 15) is 0 Å². The van der Waals surface area contributed by atoms with Gasteiger partial charge < -0.3 is 10.6 Å². The molecule has 0 saturated heterocycles. The average Bonchev–Trinajstić information content (AvgIpc) is 2.60. The summed E-state index contributed by atoms with van der Waals surface area (Å²) >= 11 is 3.65. The molecule has 0 aliphatic carbocycles. The van der Waals surface area contributed by atoms with Crippen LogP contribution in [0.1, 0.15) is 31.0 Å². The van der Waals surface area contributed by atoms with Gasteiger partial charge in [-0.3, -0.25) is 4.99 Å². The molecule has 98 valence electrons. The lowest BCUT2D eigenvalue weighted by atomic mass is 10.0. The Bertz CT molecular complexity index is 468. The highest BCUT2D eigenvalue weighted by atomic mass is 79.9. The number of aliphatic imine (C=N–C) groups is 1. The molecule has 1 unspecified atom stereocenters. The van der Waals surface area contributed by atoms with Gasteiger partial charge in [0.1, 0.15) is 0 Å². The predicted molar refractivity (Wildman–Crippen MR) is 79.7 cm³/mol. The van der Waals surface area contributed by atoms with Crippen LogP contribution in [-0.2, 0) is 0 Å². The molecule has 1 aliphatic heterocycles. The molecule has 18 heavy (non-hydrogen) atoms. The molecule has 0 bridgehead atoms. The third-order valence-corrected chi connectivity index (χ3v) is 3.86. The number of aryl methyl sites for hydroxylation is 1. The maximum absolute atomic E-state index is 6.00. The Labute approximate surface area is 117 Å². The lowest BCUT2D eigenvalue weighted by molar-refractivity contribution is 0.308. The van der Waals surface area contributed by atoms with Crippen LogP contribution in [0.5, 0.6) is 0 Å². The van der Waals surface area contributed by atoms with E-state index in [2.05, 4.69) is 64.8 Å². The third-order valence-electron chi connectivity index (χ3n) is 3.17. The number of hydrogen-bond acceptors (Lipinski definition) is 3. The van der Waals surface area contributed by atoms with Crippen molar-refractivity contribution in [2.24, 2.45) is 16.6 Å². The fourth-order valence-corrected chi connectivity index (χ4v) is 3.07. The van der Waals surface area contributed by atoms with Crippen LogP contribution in [0.2, 0.25) is 0 Å². The molecule has 2 N–H and O–H groups in total. The summed E-state index contributed by atoms with van der Waals surface area (Å²) in [4.78, 5) is 6.60. The Morgan fingerprint density at radius 3 is 2.83 bits per heavy atom. The monoisotopic (exact) mass is 309 g/mol. The fraction of sp³-hybridized carbons (Fsp3) is 0.500. The van der Waals surface area contributed by atoms with Gasteiger partial charge in [0.05, 0.1) is 12.6 Å². The second-order valence-electron chi connectivity index (χ2n) is 5.29. The number of benzene rings is 1. The van der Waals surface area contributed by atoms with Gasteiger partial charge in [0.25, 0.3) is 0 Å². The van der Waals surface area contributed by atoms with E-state index in [0.717, 1.165) is 17.6 Å². The van der Waals surface area contributed by atoms with Crippen molar-refractivity contribution in [1.29, 1.82) is 0 Å². The van der Waals surface area contributed by atoms with Gasteiger partial charge in [0.2, 0.25) is 0 Å². The molecule has 0 amide bonds. The lowest BCUT2D eigenvalue weighted by Gasteiger charge is -2.29. The van der Waals surface area contributed by atoms with E-state index >= 15 is 0 Å². The average molecular weight is 310 g/mol. The minimum Gasteiger partial charge on any atom is -0.370 e. The molecule has 0 radical (unpaired) electrons. The summed E-state index contributed by atoms with van der Waals surface area (Å²) in [5, 5.41) is 0. The zero-order valence-electron chi connectivity index (χ0n) is 11.2. The van der Waals surface area contributed by atoms with Gasteiger partial charge in [-0.25, -0.2) is 0 Å². The van der Waals surface area contributed by atoms with Crippen molar-refractivity contribution in [3.8, 4) is 0 Å². The Morgan fingerprint density at radius 1 is 1.50 bits per heavy atom. The van der Waals surface area contributed by atoms with Crippen LogP contribution in [0.15, 0.2) is 27.7 Å². The van der Waals surface area contributed by atoms with E-state index in [1.165, 1.54) is 11.1 Å². The van der Waals surface area contributed by atoms with Crippen molar-refractivity contribution >= 4 is 21.9 Å². The van der Waals surface area contributed by atoms with Crippen molar-refractivity contribution < 1.29 is 0 Å². The topological polar surface area (TPSA) is 41.6 Å². The summed E-state index contributed by atoms with van der Waals surface area (Å²) in [5.41, 5.74) is 8.52. The van der Waals surface area contributed by atoms with Crippen molar-refractivity contribution in [1.82, 2.24) is 4.90 Å². The quantitative estimate of drug-likeness (QED) is 0.932. The normalized spacial score (nSPS) is 19.5. The largest absolute Gasteiger partial charge is 0.370 e. The summed E-state index contributed by atoms with van der Waals surface area (Å²) in [7, 11) is 0. The second-order valence-corrected chi connectivity index (χ2v) is 6.14. The third kappa shape index (κ3) is 2.69. The summed E-state index contributed by atoms with van der Waals surface area (Å²) in [6, 6.07) is 6.73. The number of nitrogens with zero attached hydrogens (tertiary/aromatic N) is 2. The lowest BCUT2D eigenvalue weighted by Crippen LogP contribution is -2.38. The molecule has 0 saturated carbocycles. The van der Waals surface area contributed by atoms with Gasteiger partial charge in [0, 0.05) is 11.0 Å². The van der Waals surface area contributed by atoms with Crippen LogP contribution in [0.25, 0.3) is 0 Å². The summed E-state index contributed by atoms with van der Waals surface area (Å²) in [5.74, 6) is 1.24. The Kier molecular flexibility index (Phi) is 3.95. The number of hydrogen-bond donors (Lipinski definition) is 1. The van der Waals surface area contributed by atoms with Gasteiger partial charge in [-0.2, -0.15) is 0 Å². The van der Waals surface area contributed by atoms with Gasteiger partial charge in [-0.15, -0.1) is 0 Å². The minimum atomic E-state index is 0.266. The van der Waals surface area contributed by atoms with E-state index in [1.807, 2.05) is 0 Å². The van der Waals surface area contributed by atoms with Gasteiger partial charge in [-0.05, 0) is 30.0 Å². The number of halogens is 1. The van der Waals surface area contributed by atoms with E-state index in [1.54, 1.807) is 0 Å². The maximum Gasteiger partial charge on any atom is 0.191 e. The van der Waals surface area contributed by atoms with Gasteiger partial charge in [0.15, 0.2) is 5.96 Å². The minimum absolute atomic E-state index is 0.266. The molecule has 1 heterocycles. The summed E-state index contributed by atoms with van der Waals surface area (Å²) in [6.45, 7) is 8.19. The first-order valence-electron chi connectivity index (χ1n) is 6.31. The first-order chi connectivity index (χ1) is 8.49. The molecule has 1 aliphatic rings. The van der Waals surface area contributed by atoms with Crippen molar-refractivity contribution in [3.05, 3.63) is 33.8 Å². The molecular weight excluding hydrogens is 290 g/mol. The molecular formula is C14H20BrN3. The van der Waals surface area contributed by atoms with Crippen LogP contribution in [-0.4, -0.2) is 23.9 Å². The van der Waals surface area contributed by atoms with E-state index in [0.29, 0.717) is 11.9 Å². The Morgan fingerprint density at radius 2 is 2.22 bits per heavy atom. The Balaban J connectivity index is 2.27. The van der Waals surface area contributed by atoms with Gasteiger partial charge >= 0.3 is 0 Å². The Hall–Kier alpha value is -1.03. The summed E-state index contributed by atoms with van der Waals surface area (Å²) in [6.07, 6.45) is 0.